The van der Waals surface area contributed by atoms with Gasteiger partial charge in [0.15, 0.2) is 0 Å². The molecule has 2 saturated heterocycles. The molecule has 6 heteroatoms. The number of benzene rings is 2. The molecule has 0 radical (unpaired) electrons. The number of anilines is 1. The van der Waals surface area contributed by atoms with Crippen LogP contribution in [0.15, 0.2) is 54.6 Å². The van der Waals surface area contributed by atoms with E-state index in [0.29, 0.717) is 6.54 Å². The molecule has 2 aromatic carbocycles. The molecular formula is C23H29ClN2O3. The Kier molecular flexibility index (Phi) is 7.40. The lowest BCUT2D eigenvalue weighted by Gasteiger charge is -2.33. The summed E-state index contributed by atoms with van der Waals surface area (Å²) in [5, 5.41) is 0. The molecule has 2 aliphatic rings. The third-order valence-electron chi connectivity index (χ3n) is 5.79. The third-order valence-corrected chi connectivity index (χ3v) is 5.79. The summed E-state index contributed by atoms with van der Waals surface area (Å²) in [4.78, 5) is 16.4. The number of amides is 1. The number of hydrogen-bond acceptors (Lipinski definition) is 4. The second-order valence-corrected chi connectivity index (χ2v) is 7.75. The monoisotopic (exact) mass is 416 g/mol. The van der Waals surface area contributed by atoms with Crippen molar-refractivity contribution in [1.29, 1.82) is 0 Å². The van der Waals surface area contributed by atoms with Crippen LogP contribution in [0.1, 0.15) is 18.4 Å². The lowest BCUT2D eigenvalue weighted by atomic mass is 9.90. The van der Waals surface area contributed by atoms with Crippen LogP contribution in [0.25, 0.3) is 0 Å². The number of carbonyl (C=O) groups is 1. The number of rotatable bonds is 6. The summed E-state index contributed by atoms with van der Waals surface area (Å²) in [5.41, 5.74) is 2.29. The van der Waals surface area contributed by atoms with Crippen LogP contribution in [0.4, 0.5) is 10.5 Å². The first-order valence-corrected chi connectivity index (χ1v) is 10.1. The number of ether oxygens (including phenoxy) is 2. The zero-order valence-corrected chi connectivity index (χ0v) is 17.6. The quantitative estimate of drug-likeness (QED) is 0.700. The average molecular weight is 417 g/mol. The fourth-order valence-corrected chi connectivity index (χ4v) is 4.20. The molecule has 2 fully saturated rings. The Morgan fingerprint density at radius 3 is 2.38 bits per heavy atom. The van der Waals surface area contributed by atoms with Crippen LogP contribution < -0.4 is 9.64 Å². The SMILES string of the molecule is COc1ccc(N2CC(CN3CCC(Cc4ccccc4)CC3)OC2=O)cc1.Cl. The second kappa shape index (κ2) is 9.99. The summed E-state index contributed by atoms with van der Waals surface area (Å²) >= 11 is 0. The summed E-state index contributed by atoms with van der Waals surface area (Å²) in [6, 6.07) is 18.3. The Balaban J connectivity index is 0.00000240. The molecule has 2 aliphatic heterocycles. The number of carbonyl (C=O) groups excluding carboxylic acids is 1. The van der Waals surface area contributed by atoms with E-state index >= 15 is 0 Å². The highest BCUT2D eigenvalue weighted by molar-refractivity contribution is 5.89. The number of cyclic esters (lactones) is 1. The van der Waals surface area contributed by atoms with E-state index in [-0.39, 0.29) is 24.6 Å². The normalized spacial score (nSPS) is 20.2. The van der Waals surface area contributed by atoms with Gasteiger partial charge in [-0.2, -0.15) is 0 Å². The minimum Gasteiger partial charge on any atom is -0.497 e. The molecule has 0 saturated carbocycles. The molecule has 0 aliphatic carbocycles. The minimum atomic E-state index is -0.255. The van der Waals surface area contributed by atoms with Crippen molar-refractivity contribution in [3.8, 4) is 5.75 Å². The summed E-state index contributed by atoms with van der Waals surface area (Å²) in [7, 11) is 1.64. The average Bonchev–Trinajstić information content (AvgIpc) is 3.10. The molecule has 0 N–H and O–H groups in total. The molecule has 2 heterocycles. The molecule has 1 unspecified atom stereocenters. The second-order valence-electron chi connectivity index (χ2n) is 7.75. The highest BCUT2D eigenvalue weighted by Gasteiger charge is 2.34. The first-order valence-electron chi connectivity index (χ1n) is 10.1. The largest absolute Gasteiger partial charge is 0.497 e. The van der Waals surface area contributed by atoms with Gasteiger partial charge >= 0.3 is 6.09 Å². The van der Waals surface area contributed by atoms with Gasteiger partial charge in [0.25, 0.3) is 0 Å². The van der Waals surface area contributed by atoms with E-state index < -0.39 is 0 Å². The number of halogens is 1. The van der Waals surface area contributed by atoms with Crippen molar-refractivity contribution in [3.63, 3.8) is 0 Å². The van der Waals surface area contributed by atoms with E-state index in [1.54, 1.807) is 12.0 Å². The molecule has 1 atom stereocenters. The van der Waals surface area contributed by atoms with Gasteiger partial charge in [0, 0.05) is 12.2 Å². The predicted octanol–water partition coefficient (Wildman–Crippen LogP) is 4.40. The van der Waals surface area contributed by atoms with Crippen molar-refractivity contribution >= 4 is 24.2 Å². The van der Waals surface area contributed by atoms with Crippen molar-refractivity contribution in [3.05, 3.63) is 60.2 Å². The van der Waals surface area contributed by atoms with Crippen molar-refractivity contribution < 1.29 is 14.3 Å². The van der Waals surface area contributed by atoms with Gasteiger partial charge in [-0.3, -0.25) is 9.80 Å². The maximum atomic E-state index is 12.3. The number of hydrogen-bond donors (Lipinski definition) is 0. The van der Waals surface area contributed by atoms with Crippen molar-refractivity contribution in [1.82, 2.24) is 4.90 Å². The standard InChI is InChI=1S/C23H28N2O3.ClH/c1-27-21-9-7-20(8-10-21)25-17-22(28-23(25)26)16-24-13-11-19(12-14-24)15-18-5-3-2-4-6-18;/h2-10,19,22H,11-17H2,1H3;1H. The van der Waals surface area contributed by atoms with Gasteiger partial charge in [0.1, 0.15) is 11.9 Å². The predicted molar refractivity (Wildman–Crippen MR) is 117 cm³/mol. The maximum absolute atomic E-state index is 12.3. The lowest BCUT2D eigenvalue weighted by molar-refractivity contribution is 0.0914. The van der Waals surface area contributed by atoms with Crippen LogP contribution in [0.5, 0.6) is 5.75 Å². The van der Waals surface area contributed by atoms with E-state index in [1.807, 2.05) is 24.3 Å². The molecular weight excluding hydrogens is 388 g/mol. The summed E-state index contributed by atoms with van der Waals surface area (Å²) in [6.45, 7) is 3.58. The Labute approximate surface area is 179 Å². The van der Waals surface area contributed by atoms with Crippen molar-refractivity contribution in [2.24, 2.45) is 5.92 Å². The van der Waals surface area contributed by atoms with E-state index in [0.717, 1.165) is 37.0 Å². The van der Waals surface area contributed by atoms with E-state index in [1.165, 1.54) is 24.8 Å². The van der Waals surface area contributed by atoms with Crippen molar-refractivity contribution in [2.75, 3.05) is 38.2 Å². The van der Waals surface area contributed by atoms with Crippen LogP contribution in [0.3, 0.4) is 0 Å². The van der Waals surface area contributed by atoms with Gasteiger partial charge in [-0.15, -0.1) is 12.4 Å². The molecule has 156 valence electrons. The van der Waals surface area contributed by atoms with Gasteiger partial charge in [0.05, 0.1) is 13.7 Å². The number of likely N-dealkylation sites (tertiary alicyclic amines) is 1. The lowest BCUT2D eigenvalue weighted by Crippen LogP contribution is -2.40. The molecule has 5 nitrogen and oxygen atoms in total. The zero-order valence-electron chi connectivity index (χ0n) is 16.8. The van der Waals surface area contributed by atoms with Crippen LogP contribution in [-0.2, 0) is 11.2 Å². The first kappa shape index (κ1) is 21.5. The summed E-state index contributed by atoms with van der Waals surface area (Å²) in [5.74, 6) is 1.53. The topological polar surface area (TPSA) is 42.0 Å². The highest BCUT2D eigenvalue weighted by atomic mass is 35.5. The molecule has 0 aromatic heterocycles. The Bertz CT molecular complexity index is 776. The van der Waals surface area contributed by atoms with Crippen LogP contribution in [0.2, 0.25) is 0 Å². The number of methoxy groups -OCH3 is 1. The maximum Gasteiger partial charge on any atom is 0.414 e. The fraction of sp³-hybridized carbons (Fsp3) is 0.435. The molecule has 2 aromatic rings. The summed E-state index contributed by atoms with van der Waals surface area (Å²) in [6.07, 6.45) is 3.25. The fourth-order valence-electron chi connectivity index (χ4n) is 4.20. The smallest absolute Gasteiger partial charge is 0.414 e. The van der Waals surface area contributed by atoms with E-state index in [2.05, 4.69) is 35.2 Å². The van der Waals surface area contributed by atoms with E-state index in [4.69, 9.17) is 9.47 Å². The Morgan fingerprint density at radius 1 is 1.03 bits per heavy atom. The Hall–Kier alpha value is -2.24. The minimum absolute atomic E-state index is 0. The van der Waals surface area contributed by atoms with Crippen LogP contribution >= 0.6 is 12.4 Å². The van der Waals surface area contributed by atoms with Gasteiger partial charge in [0.2, 0.25) is 0 Å². The molecule has 29 heavy (non-hydrogen) atoms. The van der Waals surface area contributed by atoms with Crippen molar-refractivity contribution in [2.45, 2.75) is 25.4 Å². The molecule has 1 amide bonds. The third kappa shape index (κ3) is 5.43. The molecule has 0 spiro atoms. The zero-order chi connectivity index (χ0) is 19.3. The Morgan fingerprint density at radius 2 is 1.72 bits per heavy atom. The molecule has 4 rings (SSSR count). The number of piperidine rings is 1. The van der Waals surface area contributed by atoms with Gasteiger partial charge in [-0.25, -0.2) is 4.79 Å². The molecule has 0 bridgehead atoms. The van der Waals surface area contributed by atoms with Crippen LogP contribution in [0, 0.1) is 5.92 Å². The summed E-state index contributed by atoms with van der Waals surface area (Å²) < 4.78 is 10.8. The van der Waals surface area contributed by atoms with Gasteiger partial charge < -0.3 is 9.47 Å². The van der Waals surface area contributed by atoms with Gasteiger partial charge in [-0.05, 0) is 68.1 Å². The van der Waals surface area contributed by atoms with Gasteiger partial charge in [-0.1, -0.05) is 30.3 Å². The number of nitrogens with zero attached hydrogens (tertiary/aromatic N) is 2. The van der Waals surface area contributed by atoms with Crippen LogP contribution in [-0.4, -0.2) is 50.4 Å². The van der Waals surface area contributed by atoms with E-state index in [9.17, 15) is 4.79 Å². The first-order chi connectivity index (χ1) is 13.7. The highest BCUT2D eigenvalue weighted by Crippen LogP contribution is 2.26.